The van der Waals surface area contributed by atoms with E-state index in [0.29, 0.717) is 31.7 Å². The largest absolute Gasteiger partial charge is 0.340 e. The number of piperidine rings is 1. The third kappa shape index (κ3) is 3.42. The summed E-state index contributed by atoms with van der Waals surface area (Å²) in [6.07, 6.45) is 8.23. The van der Waals surface area contributed by atoms with Crippen molar-refractivity contribution in [3.05, 3.63) is 18.2 Å². The van der Waals surface area contributed by atoms with Crippen molar-refractivity contribution in [3.63, 3.8) is 0 Å². The predicted molar refractivity (Wildman–Crippen MR) is 86.4 cm³/mol. The van der Waals surface area contributed by atoms with E-state index in [1.54, 1.807) is 21.4 Å². The van der Waals surface area contributed by atoms with Crippen molar-refractivity contribution in [2.75, 3.05) is 25.9 Å². The molecule has 1 aromatic heterocycles. The molecule has 0 aromatic carbocycles. The lowest BCUT2D eigenvalue weighted by atomic mass is 9.89. The summed E-state index contributed by atoms with van der Waals surface area (Å²) in [5, 5.41) is 0. The molecule has 1 amide bonds. The van der Waals surface area contributed by atoms with Crippen molar-refractivity contribution < 1.29 is 13.2 Å². The summed E-state index contributed by atoms with van der Waals surface area (Å²) >= 11 is 0. The minimum Gasteiger partial charge on any atom is -0.340 e. The highest BCUT2D eigenvalue weighted by atomic mass is 32.2. The molecule has 0 bridgehead atoms. The van der Waals surface area contributed by atoms with Gasteiger partial charge < -0.3 is 9.47 Å². The Balaban J connectivity index is 1.76. The first-order valence-corrected chi connectivity index (χ1v) is 9.95. The van der Waals surface area contributed by atoms with Crippen molar-refractivity contribution in [1.29, 1.82) is 0 Å². The number of carbonyl (C=O) groups excluding carboxylic acids is 1. The Kier molecular flexibility index (Phi) is 4.46. The zero-order chi connectivity index (χ0) is 16.6. The number of rotatable bonds is 2. The molecule has 128 valence electrons. The van der Waals surface area contributed by atoms with Gasteiger partial charge >= 0.3 is 0 Å². The van der Waals surface area contributed by atoms with E-state index < -0.39 is 10.0 Å². The fraction of sp³-hybridized carbons (Fsp3) is 0.733. The number of likely N-dealkylation sites (tertiary alicyclic amines) is 1. The molecule has 0 N–H and O–H groups in total. The third-order valence-electron chi connectivity index (χ3n) is 4.90. The van der Waals surface area contributed by atoms with Gasteiger partial charge in [-0.3, -0.25) is 4.79 Å². The molecule has 2 aliphatic rings. The number of nitrogens with zero attached hydrogens (tertiary/aromatic N) is 4. The summed E-state index contributed by atoms with van der Waals surface area (Å²) < 4.78 is 27.6. The van der Waals surface area contributed by atoms with Gasteiger partial charge in [-0.15, -0.1) is 0 Å². The fourth-order valence-corrected chi connectivity index (χ4v) is 5.03. The minimum atomic E-state index is -3.19. The molecule has 0 saturated carbocycles. The van der Waals surface area contributed by atoms with Crippen LogP contribution in [0.4, 0.5) is 0 Å². The molecule has 8 heteroatoms. The topological polar surface area (TPSA) is 75.5 Å². The minimum absolute atomic E-state index is 0.0280. The van der Waals surface area contributed by atoms with Gasteiger partial charge in [0.15, 0.2) is 0 Å². The van der Waals surface area contributed by atoms with E-state index in [4.69, 9.17) is 0 Å². The van der Waals surface area contributed by atoms with Crippen molar-refractivity contribution in [3.8, 4) is 0 Å². The Morgan fingerprint density at radius 2 is 2.04 bits per heavy atom. The number of imidazole rings is 1. The molecule has 0 unspecified atom stereocenters. The predicted octanol–water partition coefficient (Wildman–Crippen LogP) is 0.696. The van der Waals surface area contributed by atoms with Gasteiger partial charge in [0.2, 0.25) is 10.0 Å². The van der Waals surface area contributed by atoms with Crippen molar-refractivity contribution in [1.82, 2.24) is 18.8 Å². The summed E-state index contributed by atoms with van der Waals surface area (Å²) in [5.41, 5.74) is 0.458. The Bertz CT molecular complexity index is 685. The smallest absolute Gasteiger partial charge is 0.274 e. The molecule has 2 atom stereocenters. The first kappa shape index (κ1) is 16.4. The Morgan fingerprint density at radius 1 is 1.26 bits per heavy atom. The molecule has 2 aliphatic heterocycles. The van der Waals surface area contributed by atoms with Gasteiger partial charge in [-0.2, -0.15) is 4.31 Å². The van der Waals surface area contributed by atoms with E-state index in [9.17, 15) is 13.2 Å². The van der Waals surface area contributed by atoms with Gasteiger partial charge in [-0.1, -0.05) is 6.42 Å². The van der Waals surface area contributed by atoms with E-state index in [0.717, 1.165) is 19.3 Å². The molecule has 0 radical (unpaired) electrons. The molecule has 3 rings (SSSR count). The number of aromatic nitrogens is 2. The third-order valence-corrected chi connectivity index (χ3v) is 6.21. The number of fused-ring (bicyclic) bond motifs is 1. The summed E-state index contributed by atoms with van der Waals surface area (Å²) in [5.74, 6) is 0.160. The lowest BCUT2D eigenvalue weighted by Gasteiger charge is -2.41. The highest BCUT2D eigenvalue weighted by molar-refractivity contribution is 7.88. The van der Waals surface area contributed by atoms with Crippen molar-refractivity contribution in [2.45, 2.75) is 31.7 Å². The second-order valence-electron chi connectivity index (χ2n) is 6.66. The summed E-state index contributed by atoms with van der Waals surface area (Å²) in [6.45, 7) is 1.81. The molecule has 2 fully saturated rings. The number of hydrogen-bond acceptors (Lipinski definition) is 4. The van der Waals surface area contributed by atoms with Crippen LogP contribution in [0.2, 0.25) is 0 Å². The molecule has 7 nitrogen and oxygen atoms in total. The van der Waals surface area contributed by atoms with E-state index in [1.165, 1.54) is 6.26 Å². The fourth-order valence-electron chi connectivity index (χ4n) is 3.80. The van der Waals surface area contributed by atoms with Crippen LogP contribution in [0, 0.1) is 5.92 Å². The summed E-state index contributed by atoms with van der Waals surface area (Å²) in [4.78, 5) is 18.5. The monoisotopic (exact) mass is 340 g/mol. The van der Waals surface area contributed by atoms with Crippen LogP contribution < -0.4 is 0 Å². The molecular weight excluding hydrogens is 316 g/mol. The van der Waals surface area contributed by atoms with E-state index in [-0.39, 0.29) is 17.9 Å². The average molecular weight is 340 g/mol. The number of carbonyl (C=O) groups is 1. The summed E-state index contributed by atoms with van der Waals surface area (Å²) in [6, 6.07) is 0.0280. The Labute approximate surface area is 137 Å². The number of amides is 1. The van der Waals surface area contributed by atoms with Crippen LogP contribution in [0.5, 0.6) is 0 Å². The lowest BCUT2D eigenvalue weighted by molar-refractivity contribution is 0.0571. The average Bonchev–Trinajstić information content (AvgIpc) is 2.80. The molecular formula is C15H24N4O3S. The highest BCUT2D eigenvalue weighted by Gasteiger charge is 2.39. The molecule has 3 heterocycles. The SMILES string of the molecule is Cn1cnc(C(=O)N2CC[C@@H]3[C@@H](CCCCN3S(C)(=O)=O)C2)c1. The Morgan fingerprint density at radius 3 is 2.70 bits per heavy atom. The zero-order valence-electron chi connectivity index (χ0n) is 13.7. The molecule has 1 aromatic rings. The highest BCUT2D eigenvalue weighted by Crippen LogP contribution is 2.31. The van der Waals surface area contributed by atoms with Crippen LogP contribution in [0.1, 0.15) is 36.2 Å². The van der Waals surface area contributed by atoms with Crippen LogP contribution in [-0.2, 0) is 17.1 Å². The van der Waals surface area contributed by atoms with E-state index in [1.807, 2.05) is 11.9 Å². The van der Waals surface area contributed by atoms with Crippen LogP contribution in [0.15, 0.2) is 12.5 Å². The quantitative estimate of drug-likeness (QED) is 0.794. The maximum Gasteiger partial charge on any atom is 0.274 e. The molecule has 0 aliphatic carbocycles. The van der Waals surface area contributed by atoms with Gasteiger partial charge in [-0.05, 0) is 25.2 Å². The molecule has 2 saturated heterocycles. The van der Waals surface area contributed by atoms with Crippen LogP contribution in [0.25, 0.3) is 0 Å². The maximum absolute atomic E-state index is 12.6. The van der Waals surface area contributed by atoms with Crippen molar-refractivity contribution >= 4 is 15.9 Å². The summed E-state index contributed by atoms with van der Waals surface area (Å²) in [7, 11) is -1.35. The zero-order valence-corrected chi connectivity index (χ0v) is 14.5. The van der Waals surface area contributed by atoms with Crippen LogP contribution in [-0.4, -0.2) is 65.0 Å². The second-order valence-corrected chi connectivity index (χ2v) is 8.60. The normalized spacial score (nSPS) is 26.6. The van der Waals surface area contributed by atoms with Gasteiger partial charge in [0.25, 0.3) is 5.91 Å². The van der Waals surface area contributed by atoms with Crippen LogP contribution >= 0.6 is 0 Å². The van der Waals surface area contributed by atoms with E-state index in [2.05, 4.69) is 4.98 Å². The van der Waals surface area contributed by atoms with Crippen molar-refractivity contribution in [2.24, 2.45) is 13.0 Å². The molecule has 0 spiro atoms. The first-order valence-electron chi connectivity index (χ1n) is 8.10. The van der Waals surface area contributed by atoms with Gasteiger partial charge in [-0.25, -0.2) is 13.4 Å². The number of hydrogen-bond donors (Lipinski definition) is 0. The van der Waals surface area contributed by atoms with Gasteiger partial charge in [0, 0.05) is 38.9 Å². The van der Waals surface area contributed by atoms with Crippen LogP contribution in [0.3, 0.4) is 0 Å². The van der Waals surface area contributed by atoms with E-state index >= 15 is 0 Å². The number of sulfonamides is 1. The number of aryl methyl sites for hydroxylation is 1. The lowest BCUT2D eigenvalue weighted by Crippen LogP contribution is -2.53. The maximum atomic E-state index is 12.6. The first-order chi connectivity index (χ1) is 10.9. The van der Waals surface area contributed by atoms with Gasteiger partial charge in [0.1, 0.15) is 5.69 Å². The van der Waals surface area contributed by atoms with Gasteiger partial charge in [0.05, 0.1) is 12.6 Å². The second kappa shape index (κ2) is 6.24. The molecule has 23 heavy (non-hydrogen) atoms. The standard InChI is InChI=1S/C15H24N4O3S/c1-17-10-13(16-11-17)15(20)18-8-6-14-12(9-18)5-3-4-7-19(14)23(2,21)22/h10-12,14H,3-9H2,1-2H3/t12-,14+/m0/s1. The Hall–Kier alpha value is -1.41.